The molecule has 1 aromatic rings. The lowest BCUT2D eigenvalue weighted by Gasteiger charge is -2.08. The number of rotatable bonds is 7. The Labute approximate surface area is 142 Å². The molecule has 0 aliphatic heterocycles. The molecule has 0 heterocycles. The molecule has 2 amide bonds. The second-order valence-electron chi connectivity index (χ2n) is 4.85. The molecule has 0 bridgehead atoms. The molecule has 0 unspecified atom stereocenters. The number of amides is 2. The third kappa shape index (κ3) is 7.05. The Bertz CT molecular complexity index is 694. The first-order chi connectivity index (χ1) is 11.8. The molecule has 25 heavy (non-hydrogen) atoms. The number of anilines is 1. The Morgan fingerprint density at radius 3 is 2.68 bits per heavy atom. The fraction of sp³-hybridized carbons (Fsp3) is 0.312. The second-order valence-corrected chi connectivity index (χ2v) is 4.85. The normalized spacial score (nSPS) is 11.6. The van der Waals surface area contributed by atoms with E-state index in [-0.39, 0.29) is 11.3 Å². The molecule has 0 fully saturated rings. The van der Waals surface area contributed by atoms with Crippen molar-refractivity contribution in [2.75, 3.05) is 25.6 Å². The van der Waals surface area contributed by atoms with Crippen molar-refractivity contribution in [3.8, 4) is 6.07 Å². The number of benzene rings is 1. The van der Waals surface area contributed by atoms with Gasteiger partial charge >= 0.3 is 12.1 Å². The SMILES string of the molecule is COCCCNC(=O)/C(C#N)=C/c1cccc(NC(=O)C(F)(F)F)c1. The van der Waals surface area contributed by atoms with Gasteiger partial charge in [0, 0.05) is 25.9 Å². The fourth-order valence-corrected chi connectivity index (χ4v) is 1.74. The Balaban J connectivity index is 2.83. The van der Waals surface area contributed by atoms with Crippen molar-refractivity contribution in [2.24, 2.45) is 0 Å². The number of nitrogens with zero attached hydrogens (tertiary/aromatic N) is 1. The van der Waals surface area contributed by atoms with Crippen molar-refractivity contribution in [3.63, 3.8) is 0 Å². The summed E-state index contributed by atoms with van der Waals surface area (Å²) in [7, 11) is 1.52. The fourth-order valence-electron chi connectivity index (χ4n) is 1.74. The van der Waals surface area contributed by atoms with Crippen molar-refractivity contribution >= 4 is 23.6 Å². The largest absolute Gasteiger partial charge is 0.471 e. The number of carbonyl (C=O) groups is 2. The molecule has 0 spiro atoms. The van der Waals surface area contributed by atoms with Crippen molar-refractivity contribution in [2.45, 2.75) is 12.6 Å². The van der Waals surface area contributed by atoms with Gasteiger partial charge < -0.3 is 15.4 Å². The molecule has 0 aliphatic rings. The highest BCUT2D eigenvalue weighted by atomic mass is 19.4. The lowest BCUT2D eigenvalue weighted by molar-refractivity contribution is -0.167. The van der Waals surface area contributed by atoms with E-state index in [2.05, 4.69) is 5.32 Å². The molecule has 134 valence electrons. The highest BCUT2D eigenvalue weighted by molar-refractivity contribution is 6.02. The third-order valence-electron chi connectivity index (χ3n) is 2.89. The third-order valence-corrected chi connectivity index (χ3v) is 2.89. The predicted molar refractivity (Wildman–Crippen MR) is 84.2 cm³/mol. The lowest BCUT2D eigenvalue weighted by Crippen LogP contribution is -2.29. The van der Waals surface area contributed by atoms with Crippen LogP contribution in [0.4, 0.5) is 18.9 Å². The molecule has 0 aromatic heterocycles. The minimum absolute atomic E-state index is 0.103. The molecular formula is C16H16F3N3O3. The van der Waals surface area contributed by atoms with Crippen LogP contribution in [0.3, 0.4) is 0 Å². The molecule has 2 N–H and O–H groups in total. The van der Waals surface area contributed by atoms with Crippen molar-refractivity contribution in [1.29, 1.82) is 5.26 Å². The van der Waals surface area contributed by atoms with E-state index >= 15 is 0 Å². The number of ether oxygens (including phenoxy) is 1. The van der Waals surface area contributed by atoms with Gasteiger partial charge in [-0.15, -0.1) is 0 Å². The van der Waals surface area contributed by atoms with Crippen LogP contribution in [-0.4, -0.2) is 38.3 Å². The minimum Gasteiger partial charge on any atom is -0.385 e. The van der Waals surface area contributed by atoms with Crippen LogP contribution < -0.4 is 10.6 Å². The zero-order valence-corrected chi connectivity index (χ0v) is 13.3. The predicted octanol–water partition coefficient (Wildman–Crippen LogP) is 2.25. The van der Waals surface area contributed by atoms with Crippen LogP contribution in [0.25, 0.3) is 6.08 Å². The van der Waals surface area contributed by atoms with E-state index < -0.39 is 18.0 Å². The maximum absolute atomic E-state index is 12.3. The Morgan fingerprint density at radius 1 is 1.36 bits per heavy atom. The van der Waals surface area contributed by atoms with Crippen molar-refractivity contribution < 1.29 is 27.5 Å². The van der Waals surface area contributed by atoms with Gasteiger partial charge in [-0.2, -0.15) is 18.4 Å². The summed E-state index contributed by atoms with van der Waals surface area (Å²) in [5.74, 6) is -2.71. The maximum atomic E-state index is 12.3. The molecular weight excluding hydrogens is 339 g/mol. The van der Waals surface area contributed by atoms with E-state index in [0.717, 1.165) is 0 Å². The lowest BCUT2D eigenvalue weighted by atomic mass is 10.1. The van der Waals surface area contributed by atoms with Gasteiger partial charge in [0.1, 0.15) is 11.6 Å². The number of carbonyl (C=O) groups excluding carboxylic acids is 2. The van der Waals surface area contributed by atoms with Gasteiger partial charge in [0.05, 0.1) is 0 Å². The topological polar surface area (TPSA) is 91.2 Å². The molecule has 0 atom stereocenters. The molecule has 0 saturated heterocycles. The van der Waals surface area contributed by atoms with Gasteiger partial charge in [0.15, 0.2) is 0 Å². The average molecular weight is 355 g/mol. The summed E-state index contributed by atoms with van der Waals surface area (Å²) >= 11 is 0. The van der Waals surface area contributed by atoms with E-state index in [4.69, 9.17) is 10.00 Å². The van der Waals surface area contributed by atoms with Crippen LogP contribution in [-0.2, 0) is 14.3 Å². The first kappa shape index (κ1) is 20.2. The summed E-state index contributed by atoms with van der Waals surface area (Å²) in [4.78, 5) is 22.8. The zero-order chi connectivity index (χ0) is 18.9. The summed E-state index contributed by atoms with van der Waals surface area (Å²) in [5, 5.41) is 13.3. The quantitative estimate of drug-likeness (QED) is 0.446. The van der Waals surface area contributed by atoms with Gasteiger partial charge in [-0.1, -0.05) is 12.1 Å². The highest BCUT2D eigenvalue weighted by Crippen LogP contribution is 2.19. The van der Waals surface area contributed by atoms with Crippen LogP contribution in [0, 0.1) is 11.3 Å². The molecule has 0 aliphatic carbocycles. The maximum Gasteiger partial charge on any atom is 0.471 e. The summed E-state index contributed by atoms with van der Waals surface area (Å²) in [6.45, 7) is 0.764. The molecule has 0 saturated carbocycles. The van der Waals surface area contributed by atoms with Crippen LogP contribution in [0.2, 0.25) is 0 Å². The van der Waals surface area contributed by atoms with E-state index in [0.29, 0.717) is 25.1 Å². The number of nitrogens with one attached hydrogen (secondary N) is 2. The van der Waals surface area contributed by atoms with Gasteiger partial charge in [0.2, 0.25) is 0 Å². The minimum atomic E-state index is -5.01. The summed E-state index contributed by atoms with van der Waals surface area (Å²) in [5.41, 5.74) is -0.0193. The van der Waals surface area contributed by atoms with Crippen LogP contribution >= 0.6 is 0 Å². The first-order valence-corrected chi connectivity index (χ1v) is 7.15. The van der Waals surface area contributed by atoms with E-state index in [1.54, 1.807) is 11.4 Å². The van der Waals surface area contributed by atoms with Gasteiger partial charge in [-0.05, 0) is 30.2 Å². The van der Waals surface area contributed by atoms with Crippen LogP contribution in [0.5, 0.6) is 0 Å². The molecule has 1 rings (SSSR count). The highest BCUT2D eigenvalue weighted by Gasteiger charge is 2.38. The summed E-state index contributed by atoms with van der Waals surface area (Å²) in [6.07, 6.45) is -3.22. The number of nitriles is 1. The average Bonchev–Trinajstić information content (AvgIpc) is 2.56. The van der Waals surface area contributed by atoms with Gasteiger partial charge in [0.25, 0.3) is 5.91 Å². The van der Waals surface area contributed by atoms with E-state index in [1.165, 1.54) is 37.5 Å². The van der Waals surface area contributed by atoms with Gasteiger partial charge in [-0.3, -0.25) is 9.59 Å². The number of alkyl halides is 3. The monoisotopic (exact) mass is 355 g/mol. The number of hydrogen-bond acceptors (Lipinski definition) is 4. The van der Waals surface area contributed by atoms with Crippen LogP contribution in [0.15, 0.2) is 29.8 Å². The number of hydrogen-bond donors (Lipinski definition) is 2. The zero-order valence-electron chi connectivity index (χ0n) is 13.3. The number of methoxy groups -OCH3 is 1. The standard InChI is InChI=1S/C16H16F3N3O3/c1-25-7-3-6-21-14(23)12(10-20)8-11-4-2-5-13(9-11)22-15(24)16(17,18)19/h2,4-5,8-9H,3,6-7H2,1H3,(H,21,23)(H,22,24)/b12-8+. The Morgan fingerprint density at radius 2 is 2.08 bits per heavy atom. The Kier molecular flexibility index (Phi) is 7.62. The van der Waals surface area contributed by atoms with Crippen LogP contribution in [0.1, 0.15) is 12.0 Å². The van der Waals surface area contributed by atoms with Gasteiger partial charge in [-0.25, -0.2) is 0 Å². The summed E-state index contributed by atoms with van der Waals surface area (Å²) in [6, 6.07) is 7.09. The second kappa shape index (κ2) is 9.44. The molecule has 1 aromatic carbocycles. The van der Waals surface area contributed by atoms with E-state index in [1.807, 2.05) is 0 Å². The Hall–Kier alpha value is -2.86. The van der Waals surface area contributed by atoms with E-state index in [9.17, 15) is 22.8 Å². The first-order valence-electron chi connectivity index (χ1n) is 7.15. The van der Waals surface area contributed by atoms with Crippen molar-refractivity contribution in [3.05, 3.63) is 35.4 Å². The smallest absolute Gasteiger partial charge is 0.385 e. The summed E-state index contributed by atoms with van der Waals surface area (Å²) < 4.78 is 41.6. The molecule has 9 heteroatoms. The van der Waals surface area contributed by atoms with Crippen molar-refractivity contribution in [1.82, 2.24) is 5.32 Å². The molecule has 6 nitrogen and oxygen atoms in total. The molecule has 0 radical (unpaired) electrons. The number of halogens is 3.